The molecule has 5 heteroatoms. The van der Waals surface area contributed by atoms with Gasteiger partial charge in [-0.15, -0.1) is 0 Å². The minimum Gasteiger partial charge on any atom is -0.325 e. The molecular formula is C7H8N4O. The number of hydrogen-bond acceptors (Lipinski definition) is 3. The Hall–Kier alpha value is -1.62. The van der Waals surface area contributed by atoms with E-state index in [1.807, 2.05) is 0 Å². The van der Waals surface area contributed by atoms with Gasteiger partial charge < -0.3 is 5.73 Å². The van der Waals surface area contributed by atoms with Gasteiger partial charge in [0, 0.05) is 12.6 Å². The monoisotopic (exact) mass is 164 g/mol. The first-order chi connectivity index (χ1) is 5.81. The lowest BCUT2D eigenvalue weighted by Gasteiger charge is -1.95. The maximum absolute atomic E-state index is 10.9. The molecule has 0 radical (unpaired) electrons. The van der Waals surface area contributed by atoms with Gasteiger partial charge in [-0.25, -0.2) is 9.50 Å². The molecular weight excluding hydrogens is 156 g/mol. The van der Waals surface area contributed by atoms with E-state index < -0.39 is 0 Å². The minimum absolute atomic E-state index is 0.157. The zero-order valence-electron chi connectivity index (χ0n) is 6.32. The van der Waals surface area contributed by atoms with Crippen LogP contribution < -0.4 is 11.3 Å². The van der Waals surface area contributed by atoms with Crippen LogP contribution in [0.15, 0.2) is 23.1 Å². The van der Waals surface area contributed by atoms with Gasteiger partial charge in [-0.3, -0.25) is 9.89 Å². The SMILES string of the molecule is NCc1cnc2ccc(=O)[nH]n12. The highest BCUT2D eigenvalue weighted by Crippen LogP contribution is 1.99. The van der Waals surface area contributed by atoms with Crippen molar-refractivity contribution >= 4 is 5.65 Å². The van der Waals surface area contributed by atoms with E-state index in [0.717, 1.165) is 5.69 Å². The number of nitrogens with zero attached hydrogens (tertiary/aromatic N) is 2. The third kappa shape index (κ3) is 0.911. The Morgan fingerprint density at radius 1 is 1.58 bits per heavy atom. The van der Waals surface area contributed by atoms with Crippen molar-refractivity contribution in [1.82, 2.24) is 14.6 Å². The predicted octanol–water partition coefficient (Wildman–Crippen LogP) is -0.519. The summed E-state index contributed by atoms with van der Waals surface area (Å²) in [7, 11) is 0. The maximum atomic E-state index is 10.9. The second-order valence-electron chi connectivity index (χ2n) is 2.46. The third-order valence-corrected chi connectivity index (χ3v) is 1.68. The molecule has 0 unspecified atom stereocenters. The molecule has 2 heterocycles. The first kappa shape index (κ1) is 7.05. The van der Waals surface area contributed by atoms with Crippen LogP contribution in [-0.4, -0.2) is 14.6 Å². The molecule has 2 aromatic rings. The van der Waals surface area contributed by atoms with Crippen LogP contribution in [0.25, 0.3) is 5.65 Å². The normalized spacial score (nSPS) is 10.8. The maximum Gasteiger partial charge on any atom is 0.262 e. The van der Waals surface area contributed by atoms with Crippen molar-refractivity contribution in [2.24, 2.45) is 5.73 Å². The molecule has 0 fully saturated rings. The Morgan fingerprint density at radius 3 is 3.17 bits per heavy atom. The van der Waals surface area contributed by atoms with Gasteiger partial charge in [0.25, 0.3) is 5.56 Å². The fraction of sp³-hybridized carbons (Fsp3) is 0.143. The van der Waals surface area contributed by atoms with Crippen LogP contribution in [0.3, 0.4) is 0 Å². The number of nitrogens with two attached hydrogens (primary N) is 1. The van der Waals surface area contributed by atoms with Gasteiger partial charge in [0.05, 0.1) is 11.9 Å². The molecule has 2 rings (SSSR count). The Bertz CT molecular complexity index is 456. The van der Waals surface area contributed by atoms with Gasteiger partial charge in [-0.1, -0.05) is 0 Å². The zero-order valence-corrected chi connectivity index (χ0v) is 6.32. The third-order valence-electron chi connectivity index (χ3n) is 1.68. The van der Waals surface area contributed by atoms with E-state index in [9.17, 15) is 4.79 Å². The van der Waals surface area contributed by atoms with Gasteiger partial charge in [0.2, 0.25) is 0 Å². The van der Waals surface area contributed by atoms with E-state index in [1.165, 1.54) is 6.07 Å². The second-order valence-corrected chi connectivity index (χ2v) is 2.46. The molecule has 0 aliphatic heterocycles. The molecule has 0 aromatic carbocycles. The molecule has 0 spiro atoms. The summed E-state index contributed by atoms with van der Waals surface area (Å²) in [5, 5.41) is 2.61. The molecule has 0 saturated carbocycles. The Kier molecular flexibility index (Phi) is 1.44. The van der Waals surface area contributed by atoms with Gasteiger partial charge in [0.15, 0.2) is 5.65 Å². The second kappa shape index (κ2) is 2.46. The van der Waals surface area contributed by atoms with Crippen molar-refractivity contribution in [2.45, 2.75) is 6.54 Å². The summed E-state index contributed by atoms with van der Waals surface area (Å²) >= 11 is 0. The van der Waals surface area contributed by atoms with Crippen molar-refractivity contribution in [1.29, 1.82) is 0 Å². The molecule has 0 atom stereocenters. The van der Waals surface area contributed by atoms with Gasteiger partial charge in [0.1, 0.15) is 0 Å². The van der Waals surface area contributed by atoms with Crippen LogP contribution >= 0.6 is 0 Å². The molecule has 0 amide bonds. The topological polar surface area (TPSA) is 76.2 Å². The lowest BCUT2D eigenvalue weighted by atomic mass is 10.5. The number of aromatic amines is 1. The highest BCUT2D eigenvalue weighted by molar-refractivity contribution is 5.37. The summed E-state index contributed by atoms with van der Waals surface area (Å²) in [6, 6.07) is 3.08. The van der Waals surface area contributed by atoms with E-state index in [2.05, 4.69) is 10.1 Å². The van der Waals surface area contributed by atoms with Gasteiger partial charge >= 0.3 is 0 Å². The fourth-order valence-corrected chi connectivity index (χ4v) is 1.09. The van der Waals surface area contributed by atoms with Crippen LogP contribution in [0.4, 0.5) is 0 Å². The van der Waals surface area contributed by atoms with Gasteiger partial charge in [-0.05, 0) is 6.07 Å². The van der Waals surface area contributed by atoms with Gasteiger partial charge in [-0.2, -0.15) is 0 Å². The van der Waals surface area contributed by atoms with Crippen molar-refractivity contribution in [3.05, 3.63) is 34.4 Å². The Balaban J connectivity index is 2.84. The summed E-state index contributed by atoms with van der Waals surface area (Å²) in [5.74, 6) is 0. The molecule has 5 nitrogen and oxygen atoms in total. The highest BCUT2D eigenvalue weighted by atomic mass is 16.1. The van der Waals surface area contributed by atoms with E-state index in [-0.39, 0.29) is 5.56 Å². The van der Waals surface area contributed by atoms with Crippen molar-refractivity contribution in [2.75, 3.05) is 0 Å². The standard InChI is InChI=1S/C7H8N4O/c8-3-5-4-9-6-1-2-7(12)10-11(5)6/h1-2,4H,3,8H2,(H,10,12). The molecule has 3 N–H and O–H groups in total. The van der Waals surface area contributed by atoms with Crippen LogP contribution in [-0.2, 0) is 6.54 Å². The summed E-state index contributed by atoms with van der Waals surface area (Å²) in [6.07, 6.45) is 1.64. The van der Waals surface area contributed by atoms with E-state index >= 15 is 0 Å². The number of hydrogen-bond donors (Lipinski definition) is 2. The summed E-state index contributed by atoms with van der Waals surface area (Å²) < 4.78 is 1.59. The van der Waals surface area contributed by atoms with E-state index in [1.54, 1.807) is 16.8 Å². The van der Waals surface area contributed by atoms with Crippen LogP contribution in [0.5, 0.6) is 0 Å². The van der Waals surface area contributed by atoms with E-state index in [4.69, 9.17) is 5.73 Å². The average molecular weight is 164 g/mol. The lowest BCUT2D eigenvalue weighted by Crippen LogP contribution is -2.12. The molecule has 0 aliphatic rings. The number of rotatable bonds is 1. The number of aromatic nitrogens is 3. The minimum atomic E-state index is -0.157. The molecule has 62 valence electrons. The van der Waals surface area contributed by atoms with E-state index in [0.29, 0.717) is 12.2 Å². The number of nitrogens with one attached hydrogen (secondary N) is 1. The molecule has 0 aliphatic carbocycles. The van der Waals surface area contributed by atoms with Crippen LogP contribution in [0.2, 0.25) is 0 Å². The highest BCUT2D eigenvalue weighted by Gasteiger charge is 1.99. The predicted molar refractivity (Wildman–Crippen MR) is 43.7 cm³/mol. The largest absolute Gasteiger partial charge is 0.325 e. The molecule has 0 saturated heterocycles. The average Bonchev–Trinajstić information content (AvgIpc) is 2.46. The summed E-state index contributed by atoms with van der Waals surface area (Å²) in [4.78, 5) is 14.9. The first-order valence-corrected chi connectivity index (χ1v) is 3.57. The zero-order chi connectivity index (χ0) is 8.55. The smallest absolute Gasteiger partial charge is 0.262 e. The summed E-state index contributed by atoms with van der Waals surface area (Å²) in [6.45, 7) is 0.362. The Morgan fingerprint density at radius 2 is 2.42 bits per heavy atom. The fourth-order valence-electron chi connectivity index (χ4n) is 1.09. The molecule has 0 bridgehead atoms. The van der Waals surface area contributed by atoms with Crippen molar-refractivity contribution in [3.63, 3.8) is 0 Å². The molecule has 12 heavy (non-hydrogen) atoms. The number of fused-ring (bicyclic) bond motifs is 1. The summed E-state index contributed by atoms with van der Waals surface area (Å²) in [5.41, 5.74) is 6.77. The number of H-pyrrole nitrogens is 1. The quantitative estimate of drug-likeness (QED) is 0.595. The van der Waals surface area contributed by atoms with Crippen LogP contribution in [0.1, 0.15) is 5.69 Å². The van der Waals surface area contributed by atoms with Crippen molar-refractivity contribution < 1.29 is 0 Å². The molecule has 2 aromatic heterocycles. The number of imidazole rings is 1. The van der Waals surface area contributed by atoms with Crippen LogP contribution in [0, 0.1) is 0 Å². The lowest BCUT2D eigenvalue weighted by molar-refractivity contribution is 0.827. The van der Waals surface area contributed by atoms with Crippen molar-refractivity contribution in [3.8, 4) is 0 Å². The Labute approximate surface area is 67.8 Å². The first-order valence-electron chi connectivity index (χ1n) is 3.57.